The van der Waals surface area contributed by atoms with Crippen LogP contribution in [0.15, 0.2) is 18.3 Å². The van der Waals surface area contributed by atoms with E-state index in [0.717, 1.165) is 12.8 Å². The molecular formula is C12H15N3O3. The van der Waals surface area contributed by atoms with Gasteiger partial charge in [-0.25, -0.2) is 0 Å². The van der Waals surface area contributed by atoms with Crippen molar-refractivity contribution in [3.05, 3.63) is 24.0 Å². The van der Waals surface area contributed by atoms with E-state index >= 15 is 0 Å². The lowest BCUT2D eigenvalue weighted by Gasteiger charge is -2.22. The van der Waals surface area contributed by atoms with Gasteiger partial charge in [0.25, 0.3) is 5.91 Å². The first-order valence-electron chi connectivity index (χ1n) is 5.79. The number of primary amides is 1. The number of pyridine rings is 1. The molecule has 0 bridgehead atoms. The van der Waals surface area contributed by atoms with Crippen molar-refractivity contribution in [1.82, 2.24) is 4.98 Å². The average Bonchev–Trinajstić information content (AvgIpc) is 3.12. The van der Waals surface area contributed by atoms with Crippen LogP contribution in [0, 0.1) is 5.92 Å². The number of aromatic nitrogens is 1. The average molecular weight is 249 g/mol. The first-order chi connectivity index (χ1) is 8.56. The predicted molar refractivity (Wildman–Crippen MR) is 65.3 cm³/mol. The molecule has 0 atom stereocenters. The summed E-state index contributed by atoms with van der Waals surface area (Å²) in [5.74, 6) is -0.957. The lowest BCUT2D eigenvalue weighted by molar-refractivity contribution is -0.135. The van der Waals surface area contributed by atoms with Gasteiger partial charge in [0.15, 0.2) is 0 Å². The summed E-state index contributed by atoms with van der Waals surface area (Å²) in [6, 6.07) is 3.23. The topological polar surface area (TPSA) is 96.5 Å². The highest BCUT2D eigenvalue weighted by atomic mass is 16.4. The van der Waals surface area contributed by atoms with Gasteiger partial charge in [-0.1, -0.05) is 0 Å². The molecule has 1 heterocycles. The summed E-state index contributed by atoms with van der Waals surface area (Å²) in [6.45, 7) is 0.604. The van der Waals surface area contributed by atoms with Gasteiger partial charge in [-0.3, -0.25) is 14.6 Å². The quantitative estimate of drug-likeness (QED) is 0.764. The molecule has 18 heavy (non-hydrogen) atoms. The monoisotopic (exact) mass is 249 g/mol. The molecule has 1 aliphatic carbocycles. The Kier molecular flexibility index (Phi) is 3.45. The Labute approximate surface area is 104 Å². The Hall–Kier alpha value is -2.11. The van der Waals surface area contributed by atoms with Crippen LogP contribution in [0.5, 0.6) is 0 Å². The van der Waals surface area contributed by atoms with Crippen molar-refractivity contribution in [2.75, 3.05) is 18.0 Å². The second kappa shape index (κ2) is 5.03. The zero-order valence-electron chi connectivity index (χ0n) is 9.87. The molecule has 2 rings (SSSR count). The van der Waals surface area contributed by atoms with Gasteiger partial charge in [0.1, 0.15) is 12.2 Å². The molecule has 3 N–H and O–H groups in total. The number of hydrogen-bond donors (Lipinski definition) is 2. The normalized spacial score (nSPS) is 14.2. The lowest BCUT2D eigenvalue weighted by atomic mass is 10.2. The van der Waals surface area contributed by atoms with Crippen molar-refractivity contribution in [2.45, 2.75) is 12.8 Å². The summed E-state index contributed by atoms with van der Waals surface area (Å²) in [6.07, 6.45) is 3.73. The molecule has 6 heteroatoms. The molecule has 1 fully saturated rings. The molecule has 0 spiro atoms. The Morgan fingerprint density at radius 2 is 2.22 bits per heavy atom. The van der Waals surface area contributed by atoms with Crippen molar-refractivity contribution >= 4 is 17.6 Å². The number of amides is 1. The van der Waals surface area contributed by atoms with E-state index in [1.54, 1.807) is 11.0 Å². The van der Waals surface area contributed by atoms with E-state index in [4.69, 9.17) is 10.8 Å². The van der Waals surface area contributed by atoms with E-state index in [0.29, 0.717) is 18.2 Å². The fourth-order valence-corrected chi connectivity index (χ4v) is 1.79. The molecule has 1 aromatic heterocycles. The third-order valence-electron chi connectivity index (χ3n) is 2.86. The van der Waals surface area contributed by atoms with Crippen LogP contribution in [0.25, 0.3) is 0 Å². The van der Waals surface area contributed by atoms with Gasteiger partial charge < -0.3 is 15.7 Å². The molecule has 1 amide bonds. The van der Waals surface area contributed by atoms with E-state index < -0.39 is 11.9 Å². The molecule has 0 unspecified atom stereocenters. The van der Waals surface area contributed by atoms with E-state index in [1.807, 2.05) is 0 Å². The standard InChI is InChI=1S/C12H15N3O3/c13-12(18)10-5-9(3-4-14-10)15(7-11(16)17)6-8-1-2-8/h3-5,8H,1-2,6-7H2,(H2,13,18)(H,16,17). The molecule has 96 valence electrons. The molecule has 0 saturated heterocycles. The number of nitrogens with zero attached hydrogens (tertiary/aromatic N) is 2. The van der Waals surface area contributed by atoms with Crippen molar-refractivity contribution in [1.29, 1.82) is 0 Å². The number of carboxylic acid groups (broad SMARTS) is 1. The first kappa shape index (κ1) is 12.3. The van der Waals surface area contributed by atoms with E-state index in [2.05, 4.69) is 4.98 Å². The number of nitrogens with two attached hydrogens (primary N) is 1. The Balaban J connectivity index is 2.19. The summed E-state index contributed by atoms with van der Waals surface area (Å²) < 4.78 is 0. The maximum absolute atomic E-state index is 11.1. The second-order valence-electron chi connectivity index (χ2n) is 4.48. The molecule has 1 aliphatic rings. The summed E-state index contributed by atoms with van der Waals surface area (Å²) >= 11 is 0. The third-order valence-corrected chi connectivity index (χ3v) is 2.86. The van der Waals surface area contributed by atoms with Gasteiger partial charge in [0, 0.05) is 18.4 Å². The fourth-order valence-electron chi connectivity index (χ4n) is 1.79. The van der Waals surface area contributed by atoms with Crippen LogP contribution in [0.4, 0.5) is 5.69 Å². The number of carbonyl (C=O) groups is 2. The smallest absolute Gasteiger partial charge is 0.323 e. The van der Waals surface area contributed by atoms with Crippen LogP contribution < -0.4 is 10.6 Å². The zero-order chi connectivity index (χ0) is 13.1. The number of carboxylic acids is 1. The van der Waals surface area contributed by atoms with E-state index in [9.17, 15) is 9.59 Å². The zero-order valence-corrected chi connectivity index (χ0v) is 9.87. The molecule has 1 aromatic rings. The molecule has 6 nitrogen and oxygen atoms in total. The lowest BCUT2D eigenvalue weighted by Crippen LogP contribution is -2.32. The van der Waals surface area contributed by atoms with Crippen LogP contribution in [-0.4, -0.2) is 35.1 Å². The third kappa shape index (κ3) is 3.19. The predicted octanol–water partition coefficient (Wildman–Crippen LogP) is 0.481. The van der Waals surface area contributed by atoms with Gasteiger partial charge in [0.05, 0.1) is 0 Å². The van der Waals surface area contributed by atoms with Gasteiger partial charge in [-0.2, -0.15) is 0 Å². The highest BCUT2D eigenvalue weighted by Crippen LogP contribution is 2.31. The largest absolute Gasteiger partial charge is 0.480 e. The van der Waals surface area contributed by atoms with Gasteiger partial charge in [0.2, 0.25) is 0 Å². The molecule has 1 saturated carbocycles. The number of rotatable bonds is 6. The van der Waals surface area contributed by atoms with Gasteiger partial charge >= 0.3 is 5.97 Å². The van der Waals surface area contributed by atoms with Crippen molar-refractivity contribution in [3.63, 3.8) is 0 Å². The fraction of sp³-hybridized carbons (Fsp3) is 0.417. The number of anilines is 1. The Morgan fingerprint density at radius 3 is 2.78 bits per heavy atom. The molecule has 0 radical (unpaired) electrons. The number of hydrogen-bond acceptors (Lipinski definition) is 4. The SMILES string of the molecule is NC(=O)c1cc(N(CC(=O)O)CC2CC2)ccn1. The number of aliphatic carboxylic acids is 1. The van der Waals surface area contributed by atoms with Crippen LogP contribution in [0.1, 0.15) is 23.3 Å². The minimum atomic E-state index is -0.895. The first-order valence-corrected chi connectivity index (χ1v) is 5.79. The van der Waals surface area contributed by atoms with Crippen LogP contribution >= 0.6 is 0 Å². The second-order valence-corrected chi connectivity index (χ2v) is 4.48. The molecule has 0 aromatic carbocycles. The minimum Gasteiger partial charge on any atom is -0.480 e. The molecular weight excluding hydrogens is 234 g/mol. The van der Waals surface area contributed by atoms with E-state index in [-0.39, 0.29) is 12.2 Å². The maximum Gasteiger partial charge on any atom is 0.323 e. The number of carbonyl (C=O) groups excluding carboxylic acids is 1. The summed E-state index contributed by atoms with van der Waals surface area (Å²) in [5.41, 5.74) is 5.99. The summed E-state index contributed by atoms with van der Waals surface area (Å²) in [5, 5.41) is 8.91. The molecule has 0 aliphatic heterocycles. The van der Waals surface area contributed by atoms with Crippen LogP contribution in [-0.2, 0) is 4.79 Å². The maximum atomic E-state index is 11.1. The van der Waals surface area contributed by atoms with Crippen molar-refractivity contribution < 1.29 is 14.7 Å². The highest BCUT2D eigenvalue weighted by molar-refractivity contribution is 5.91. The minimum absolute atomic E-state index is 0.0846. The summed E-state index contributed by atoms with van der Waals surface area (Å²) in [7, 11) is 0. The Bertz CT molecular complexity index is 471. The van der Waals surface area contributed by atoms with Crippen LogP contribution in [0.3, 0.4) is 0 Å². The highest BCUT2D eigenvalue weighted by Gasteiger charge is 2.25. The van der Waals surface area contributed by atoms with E-state index in [1.165, 1.54) is 12.3 Å². The van der Waals surface area contributed by atoms with Crippen molar-refractivity contribution in [3.8, 4) is 0 Å². The summed E-state index contributed by atoms with van der Waals surface area (Å²) in [4.78, 5) is 27.5. The van der Waals surface area contributed by atoms with Gasteiger partial charge in [-0.15, -0.1) is 0 Å². The Morgan fingerprint density at radius 1 is 1.50 bits per heavy atom. The van der Waals surface area contributed by atoms with Crippen LogP contribution in [0.2, 0.25) is 0 Å². The van der Waals surface area contributed by atoms with Gasteiger partial charge in [-0.05, 0) is 30.9 Å². The van der Waals surface area contributed by atoms with Crippen molar-refractivity contribution in [2.24, 2.45) is 11.7 Å².